The monoisotopic (exact) mass is 258 g/mol. The van der Waals surface area contributed by atoms with Crippen LogP contribution in [0.25, 0.3) is 0 Å². The summed E-state index contributed by atoms with van der Waals surface area (Å²) in [6, 6.07) is 6.64. The van der Waals surface area contributed by atoms with Gasteiger partial charge >= 0.3 is 0 Å². The third-order valence-electron chi connectivity index (χ3n) is 3.28. The summed E-state index contributed by atoms with van der Waals surface area (Å²) >= 11 is 0. The molecular weight excluding hydrogens is 232 g/mol. The number of allylic oxidation sites excluding steroid dienone is 2. The highest BCUT2D eigenvalue weighted by Gasteiger charge is 2.04. The number of hydrogen-bond donors (Lipinski definition) is 0. The fraction of sp³-hybridized carbons (Fsp3) is 0.500. The van der Waals surface area contributed by atoms with Gasteiger partial charge in [0.05, 0.1) is 0 Å². The molecule has 0 radical (unpaired) electrons. The van der Waals surface area contributed by atoms with Crippen molar-refractivity contribution in [2.45, 2.75) is 59.8 Å². The molecule has 0 bridgehead atoms. The van der Waals surface area contributed by atoms with Crippen molar-refractivity contribution in [1.82, 2.24) is 0 Å². The molecule has 0 aliphatic heterocycles. The molecule has 0 aromatic heterocycles. The van der Waals surface area contributed by atoms with Crippen LogP contribution in [0.4, 0.5) is 0 Å². The van der Waals surface area contributed by atoms with E-state index in [1.54, 1.807) is 0 Å². The van der Waals surface area contributed by atoms with E-state index in [9.17, 15) is 4.79 Å². The second-order valence-electron chi connectivity index (χ2n) is 5.40. The lowest BCUT2D eigenvalue weighted by Gasteiger charge is -2.09. The summed E-state index contributed by atoms with van der Waals surface area (Å²) in [6.07, 6.45) is 6.75. The van der Waals surface area contributed by atoms with Gasteiger partial charge in [-0.3, -0.25) is 4.79 Å². The van der Waals surface area contributed by atoms with Crippen molar-refractivity contribution < 1.29 is 4.79 Å². The molecule has 0 N–H and O–H groups in total. The molecular formula is C18H26O. The van der Waals surface area contributed by atoms with Crippen LogP contribution in [0.3, 0.4) is 0 Å². The first kappa shape index (κ1) is 15.7. The van der Waals surface area contributed by atoms with Crippen molar-refractivity contribution >= 4 is 5.78 Å². The summed E-state index contributed by atoms with van der Waals surface area (Å²) in [5, 5.41) is 0. The molecule has 0 saturated carbocycles. The van der Waals surface area contributed by atoms with Crippen molar-refractivity contribution in [1.29, 1.82) is 0 Å². The van der Waals surface area contributed by atoms with Gasteiger partial charge in [0.2, 0.25) is 0 Å². The number of unbranched alkanes of at least 4 members (excludes halogenated alkanes) is 1. The lowest BCUT2D eigenvalue weighted by Crippen LogP contribution is -1.98. The number of aryl methyl sites for hydroxylation is 2. The Balaban J connectivity index is 2.86. The Morgan fingerprint density at radius 1 is 1.11 bits per heavy atom. The zero-order valence-electron chi connectivity index (χ0n) is 12.8. The molecule has 1 rings (SSSR count). The average molecular weight is 258 g/mol. The molecule has 0 unspecified atom stereocenters. The topological polar surface area (TPSA) is 17.1 Å². The molecule has 0 fully saturated rings. The normalized spacial score (nSPS) is 11.7. The highest BCUT2D eigenvalue weighted by atomic mass is 16.1. The molecule has 1 nitrogen and oxygen atoms in total. The van der Waals surface area contributed by atoms with Crippen LogP contribution in [0.2, 0.25) is 0 Å². The minimum atomic E-state index is 0.246. The molecule has 0 spiro atoms. The van der Waals surface area contributed by atoms with Gasteiger partial charge in [-0.15, -0.1) is 0 Å². The van der Waals surface area contributed by atoms with Crippen molar-refractivity contribution in [2.24, 2.45) is 0 Å². The third-order valence-corrected chi connectivity index (χ3v) is 3.28. The predicted octanol–water partition coefficient (Wildman–Crippen LogP) is 4.94. The second kappa shape index (κ2) is 7.93. The summed E-state index contributed by atoms with van der Waals surface area (Å²) in [5.41, 5.74) is 5.20. The van der Waals surface area contributed by atoms with E-state index in [1.165, 1.54) is 28.7 Å². The maximum absolute atomic E-state index is 11.6. The van der Waals surface area contributed by atoms with Gasteiger partial charge in [0.15, 0.2) is 5.78 Å². The molecule has 1 aromatic carbocycles. The molecule has 1 aromatic rings. The number of carbonyl (C=O) groups is 1. The van der Waals surface area contributed by atoms with Crippen molar-refractivity contribution in [3.8, 4) is 0 Å². The number of carbonyl (C=O) groups excluding carboxylic acids is 1. The Bertz CT molecular complexity index is 435. The zero-order valence-corrected chi connectivity index (χ0v) is 12.8. The fourth-order valence-electron chi connectivity index (χ4n) is 2.38. The Hall–Kier alpha value is -1.37. The summed E-state index contributed by atoms with van der Waals surface area (Å²) < 4.78 is 0. The Morgan fingerprint density at radius 3 is 2.26 bits per heavy atom. The zero-order chi connectivity index (χ0) is 14.3. The SMILES string of the molecule is CCCC/C(=C\C(=O)CC)Cc1cc(C)cc(C)c1. The van der Waals surface area contributed by atoms with Crippen LogP contribution in [0, 0.1) is 13.8 Å². The van der Waals surface area contributed by atoms with Crippen LogP contribution in [-0.2, 0) is 11.2 Å². The molecule has 1 heteroatoms. The van der Waals surface area contributed by atoms with Gasteiger partial charge in [-0.05, 0) is 44.7 Å². The van der Waals surface area contributed by atoms with Gasteiger partial charge in [0, 0.05) is 6.42 Å². The Morgan fingerprint density at radius 2 is 1.74 bits per heavy atom. The van der Waals surface area contributed by atoms with Gasteiger partial charge in [-0.1, -0.05) is 55.2 Å². The maximum atomic E-state index is 11.6. The smallest absolute Gasteiger partial charge is 0.155 e. The van der Waals surface area contributed by atoms with E-state index < -0.39 is 0 Å². The highest BCUT2D eigenvalue weighted by molar-refractivity contribution is 5.90. The highest BCUT2D eigenvalue weighted by Crippen LogP contribution is 2.17. The third kappa shape index (κ3) is 5.87. The molecule has 0 aliphatic carbocycles. The van der Waals surface area contributed by atoms with Crippen LogP contribution in [0.15, 0.2) is 29.8 Å². The predicted molar refractivity (Wildman–Crippen MR) is 82.5 cm³/mol. The van der Waals surface area contributed by atoms with Gasteiger partial charge < -0.3 is 0 Å². The summed E-state index contributed by atoms with van der Waals surface area (Å²) in [6.45, 7) is 8.37. The molecule has 0 aliphatic rings. The maximum Gasteiger partial charge on any atom is 0.155 e. The van der Waals surface area contributed by atoms with Crippen molar-refractivity contribution in [2.75, 3.05) is 0 Å². The van der Waals surface area contributed by atoms with Crippen LogP contribution in [0.5, 0.6) is 0 Å². The lowest BCUT2D eigenvalue weighted by atomic mass is 9.96. The lowest BCUT2D eigenvalue weighted by molar-refractivity contribution is -0.114. The van der Waals surface area contributed by atoms with Gasteiger partial charge in [-0.25, -0.2) is 0 Å². The summed E-state index contributed by atoms with van der Waals surface area (Å²) in [5.74, 6) is 0.246. The molecule has 0 amide bonds. The number of ketones is 1. The Labute approximate surface area is 117 Å². The average Bonchev–Trinajstić information content (AvgIpc) is 2.34. The number of benzene rings is 1. The molecule has 0 saturated heterocycles. The quantitative estimate of drug-likeness (QED) is 0.633. The minimum absolute atomic E-state index is 0.246. The van der Waals surface area contributed by atoms with E-state index in [0.29, 0.717) is 6.42 Å². The fourth-order valence-corrected chi connectivity index (χ4v) is 2.38. The van der Waals surface area contributed by atoms with E-state index in [2.05, 4.69) is 39.0 Å². The van der Waals surface area contributed by atoms with Crippen LogP contribution >= 0.6 is 0 Å². The van der Waals surface area contributed by atoms with E-state index >= 15 is 0 Å². The molecule has 104 valence electrons. The van der Waals surface area contributed by atoms with E-state index in [0.717, 1.165) is 19.3 Å². The summed E-state index contributed by atoms with van der Waals surface area (Å²) in [7, 11) is 0. The van der Waals surface area contributed by atoms with Crippen molar-refractivity contribution in [3.05, 3.63) is 46.5 Å². The van der Waals surface area contributed by atoms with Crippen LogP contribution in [-0.4, -0.2) is 5.78 Å². The minimum Gasteiger partial charge on any atom is -0.295 e. The molecule has 0 atom stereocenters. The van der Waals surface area contributed by atoms with Gasteiger partial charge in [0.25, 0.3) is 0 Å². The number of rotatable bonds is 7. The van der Waals surface area contributed by atoms with Crippen molar-refractivity contribution in [3.63, 3.8) is 0 Å². The van der Waals surface area contributed by atoms with E-state index in [-0.39, 0.29) is 5.78 Å². The van der Waals surface area contributed by atoms with E-state index in [4.69, 9.17) is 0 Å². The van der Waals surface area contributed by atoms with Crippen LogP contribution < -0.4 is 0 Å². The molecule has 19 heavy (non-hydrogen) atoms. The van der Waals surface area contributed by atoms with Gasteiger partial charge in [0.1, 0.15) is 0 Å². The first-order valence-electron chi connectivity index (χ1n) is 7.34. The molecule has 0 heterocycles. The first-order chi connectivity index (χ1) is 9.05. The van der Waals surface area contributed by atoms with E-state index in [1.807, 2.05) is 13.0 Å². The largest absolute Gasteiger partial charge is 0.295 e. The standard InChI is InChI=1S/C18H26O/c1-5-7-8-16(13-18(19)6-2)12-17-10-14(3)9-15(4)11-17/h9-11,13H,5-8,12H2,1-4H3/b16-13+. The van der Waals surface area contributed by atoms with Gasteiger partial charge in [-0.2, -0.15) is 0 Å². The second-order valence-corrected chi connectivity index (χ2v) is 5.40. The Kier molecular flexibility index (Phi) is 6.55. The van der Waals surface area contributed by atoms with Crippen LogP contribution in [0.1, 0.15) is 56.2 Å². The first-order valence-corrected chi connectivity index (χ1v) is 7.34. The number of hydrogen-bond acceptors (Lipinski definition) is 1. The summed E-state index contributed by atoms with van der Waals surface area (Å²) in [4.78, 5) is 11.6.